The average molecular weight is 344 g/mol. The van der Waals surface area contributed by atoms with Crippen LogP contribution in [0.3, 0.4) is 0 Å². The van der Waals surface area contributed by atoms with Crippen LogP contribution in [-0.4, -0.2) is 74.1 Å². The molecule has 25 heavy (non-hydrogen) atoms. The van der Waals surface area contributed by atoms with Gasteiger partial charge in [0.25, 0.3) is 5.91 Å². The van der Waals surface area contributed by atoms with E-state index in [0.29, 0.717) is 42.8 Å². The van der Waals surface area contributed by atoms with Gasteiger partial charge in [-0.25, -0.2) is 14.5 Å². The third-order valence-corrected chi connectivity index (χ3v) is 5.01. The second-order valence-electron chi connectivity index (χ2n) is 6.83. The zero-order valence-electron chi connectivity index (χ0n) is 14.3. The van der Waals surface area contributed by atoms with E-state index in [9.17, 15) is 9.59 Å². The van der Waals surface area contributed by atoms with Gasteiger partial charge in [-0.15, -0.1) is 5.10 Å². The lowest BCUT2D eigenvalue weighted by atomic mass is 9.95. The fraction of sp³-hybridized carbons (Fsp3) is 0.562. The second kappa shape index (κ2) is 5.68. The largest absolute Gasteiger partial charge is 0.441 e. The fourth-order valence-corrected chi connectivity index (χ4v) is 3.65. The Morgan fingerprint density at radius 3 is 2.88 bits per heavy atom. The summed E-state index contributed by atoms with van der Waals surface area (Å²) in [5, 5.41) is 7.93. The second-order valence-corrected chi connectivity index (χ2v) is 6.83. The Hall–Kier alpha value is -2.71. The molecule has 4 heterocycles. The van der Waals surface area contributed by atoms with Crippen molar-refractivity contribution in [1.29, 1.82) is 0 Å². The van der Waals surface area contributed by atoms with Crippen molar-refractivity contribution in [2.45, 2.75) is 24.9 Å². The van der Waals surface area contributed by atoms with Crippen molar-refractivity contribution in [2.24, 2.45) is 7.05 Å². The number of nitrogens with zero attached hydrogens (tertiary/aromatic N) is 6. The number of likely N-dealkylation sites (N-methyl/N-ethyl adjacent to an activating group) is 1. The number of carbonyl (C=O) groups is 2. The molecule has 4 rings (SSSR count). The average Bonchev–Trinajstić information content (AvgIpc) is 3.01. The lowest BCUT2D eigenvalue weighted by Gasteiger charge is -2.25. The highest BCUT2D eigenvalue weighted by molar-refractivity contribution is 5.96. The first-order chi connectivity index (χ1) is 12.0. The molecular weight excluding hydrogens is 324 g/mol. The van der Waals surface area contributed by atoms with Gasteiger partial charge < -0.3 is 14.5 Å². The van der Waals surface area contributed by atoms with Crippen LogP contribution in [0.15, 0.2) is 12.3 Å². The molecule has 2 aliphatic heterocycles. The predicted molar refractivity (Wildman–Crippen MR) is 87.9 cm³/mol. The third kappa shape index (κ3) is 2.69. The van der Waals surface area contributed by atoms with E-state index < -0.39 is 5.60 Å². The van der Waals surface area contributed by atoms with Crippen LogP contribution in [0.2, 0.25) is 0 Å². The maximum absolute atomic E-state index is 12.8. The molecule has 132 valence electrons. The van der Waals surface area contributed by atoms with E-state index in [2.05, 4.69) is 15.3 Å². The number of carbonyl (C=O) groups excluding carboxylic acids is 2. The number of rotatable bonds is 1. The van der Waals surface area contributed by atoms with Gasteiger partial charge in [-0.2, -0.15) is 0 Å². The van der Waals surface area contributed by atoms with Crippen molar-refractivity contribution in [1.82, 2.24) is 29.8 Å². The summed E-state index contributed by atoms with van der Waals surface area (Å²) >= 11 is 0. The Balaban J connectivity index is 1.51. The van der Waals surface area contributed by atoms with Crippen molar-refractivity contribution in [3.63, 3.8) is 0 Å². The highest BCUT2D eigenvalue weighted by atomic mass is 16.6. The zero-order chi connectivity index (χ0) is 17.6. The van der Waals surface area contributed by atoms with E-state index in [1.165, 1.54) is 0 Å². The van der Waals surface area contributed by atoms with Crippen LogP contribution in [0, 0.1) is 0 Å². The van der Waals surface area contributed by atoms with Crippen LogP contribution in [-0.2, 0) is 11.8 Å². The summed E-state index contributed by atoms with van der Waals surface area (Å²) in [5.74, 6) is -0.0743. The highest BCUT2D eigenvalue weighted by Gasteiger charge is 2.44. The summed E-state index contributed by atoms with van der Waals surface area (Å²) in [6.45, 7) is 1.78. The van der Waals surface area contributed by atoms with Crippen LogP contribution in [0.25, 0.3) is 11.2 Å². The summed E-state index contributed by atoms with van der Waals surface area (Å²) in [6, 6.07) is 1.72. The number of aromatic nitrogens is 4. The number of hydrogen-bond donors (Lipinski definition) is 0. The van der Waals surface area contributed by atoms with Gasteiger partial charge in [-0.1, -0.05) is 5.21 Å². The summed E-state index contributed by atoms with van der Waals surface area (Å²) < 4.78 is 7.17. The van der Waals surface area contributed by atoms with Gasteiger partial charge in [0.15, 0.2) is 5.65 Å². The lowest BCUT2D eigenvalue weighted by molar-refractivity contribution is 0.0438. The molecule has 0 N–H and O–H groups in total. The molecule has 0 radical (unpaired) electrons. The molecule has 2 saturated heterocycles. The molecule has 0 aromatic carbocycles. The first-order valence-electron chi connectivity index (χ1n) is 8.36. The van der Waals surface area contributed by atoms with Gasteiger partial charge >= 0.3 is 6.09 Å². The Bertz CT molecular complexity index is 850. The van der Waals surface area contributed by atoms with E-state index in [4.69, 9.17) is 4.74 Å². The normalized spacial score (nSPS) is 24.0. The molecule has 0 unspecified atom stereocenters. The molecule has 2 aromatic heterocycles. The first kappa shape index (κ1) is 15.8. The summed E-state index contributed by atoms with van der Waals surface area (Å²) in [7, 11) is 3.50. The standard InChI is InChI=1S/C16H20N6O3/c1-20-10-16(25-15(20)24)4-3-6-22(7-5-16)14(23)11-8-12-13(17-9-11)21(2)19-18-12/h8-9H,3-7,10H2,1-2H3/t16-/m1/s1. The topological polar surface area (TPSA) is 93.5 Å². The number of ether oxygens (including phenoxy) is 1. The Kier molecular flexibility index (Phi) is 3.59. The molecule has 1 atom stereocenters. The molecule has 2 aromatic rings. The molecule has 1 spiro atoms. The van der Waals surface area contributed by atoms with E-state index >= 15 is 0 Å². The van der Waals surface area contributed by atoms with Crippen LogP contribution in [0.5, 0.6) is 0 Å². The van der Waals surface area contributed by atoms with E-state index in [1.54, 1.807) is 40.8 Å². The molecule has 0 saturated carbocycles. The van der Waals surface area contributed by atoms with Crippen LogP contribution < -0.4 is 0 Å². The smallest absolute Gasteiger partial charge is 0.410 e. The van der Waals surface area contributed by atoms with Crippen molar-refractivity contribution in [2.75, 3.05) is 26.7 Å². The molecule has 9 nitrogen and oxygen atoms in total. The molecule has 0 aliphatic carbocycles. The molecular formula is C16H20N6O3. The van der Waals surface area contributed by atoms with Crippen LogP contribution in [0.4, 0.5) is 4.79 Å². The van der Waals surface area contributed by atoms with Crippen molar-refractivity contribution >= 4 is 23.2 Å². The molecule has 9 heteroatoms. The number of fused-ring (bicyclic) bond motifs is 1. The van der Waals surface area contributed by atoms with E-state index in [0.717, 1.165) is 12.8 Å². The SMILES string of the molecule is CN1C[C@]2(CCCN(C(=O)c3cnc4c(c3)nnn4C)CC2)OC1=O. The van der Waals surface area contributed by atoms with E-state index in [1.807, 2.05) is 0 Å². The minimum absolute atomic E-state index is 0.0743. The van der Waals surface area contributed by atoms with Gasteiger partial charge in [-0.05, 0) is 18.9 Å². The number of aryl methyl sites for hydroxylation is 1. The molecule has 2 aliphatic rings. The Morgan fingerprint density at radius 1 is 1.28 bits per heavy atom. The molecule has 2 amide bonds. The third-order valence-electron chi connectivity index (χ3n) is 5.01. The van der Waals surface area contributed by atoms with Crippen molar-refractivity contribution < 1.29 is 14.3 Å². The van der Waals surface area contributed by atoms with Gasteiger partial charge in [0, 0.05) is 39.8 Å². The minimum atomic E-state index is -0.464. The van der Waals surface area contributed by atoms with Gasteiger partial charge in [0.2, 0.25) is 0 Å². The Morgan fingerprint density at radius 2 is 2.12 bits per heavy atom. The maximum atomic E-state index is 12.8. The maximum Gasteiger partial charge on any atom is 0.410 e. The number of pyridine rings is 1. The fourth-order valence-electron chi connectivity index (χ4n) is 3.65. The van der Waals surface area contributed by atoms with E-state index in [-0.39, 0.29) is 12.0 Å². The van der Waals surface area contributed by atoms with Gasteiger partial charge in [-0.3, -0.25) is 4.79 Å². The molecule has 2 fully saturated rings. The zero-order valence-corrected chi connectivity index (χ0v) is 14.3. The number of hydrogen-bond acceptors (Lipinski definition) is 6. The highest BCUT2D eigenvalue weighted by Crippen LogP contribution is 2.32. The summed E-state index contributed by atoms with van der Waals surface area (Å²) in [4.78, 5) is 32.3. The lowest BCUT2D eigenvalue weighted by Crippen LogP contribution is -2.36. The molecule has 0 bridgehead atoms. The van der Waals surface area contributed by atoms with Gasteiger partial charge in [0.05, 0.1) is 12.1 Å². The number of likely N-dealkylation sites (tertiary alicyclic amines) is 1. The number of amides is 2. The van der Waals surface area contributed by atoms with Crippen LogP contribution >= 0.6 is 0 Å². The van der Waals surface area contributed by atoms with Gasteiger partial charge in [0.1, 0.15) is 11.1 Å². The van der Waals surface area contributed by atoms with Crippen molar-refractivity contribution in [3.05, 3.63) is 17.8 Å². The van der Waals surface area contributed by atoms with Crippen LogP contribution in [0.1, 0.15) is 29.6 Å². The summed E-state index contributed by atoms with van der Waals surface area (Å²) in [6.07, 6.45) is 3.51. The summed E-state index contributed by atoms with van der Waals surface area (Å²) in [5.41, 5.74) is 1.29. The predicted octanol–water partition coefficient (Wildman–Crippen LogP) is 0.810. The Labute approximate surface area is 144 Å². The minimum Gasteiger partial charge on any atom is -0.441 e. The monoisotopic (exact) mass is 344 g/mol. The first-order valence-corrected chi connectivity index (χ1v) is 8.36. The van der Waals surface area contributed by atoms with Crippen molar-refractivity contribution in [3.8, 4) is 0 Å². The quantitative estimate of drug-likeness (QED) is 0.760.